The first kappa shape index (κ1) is 13.5. The molecule has 1 aromatic rings. The number of rotatable bonds is 4. The van der Waals surface area contributed by atoms with Crippen LogP contribution in [0.15, 0.2) is 24.3 Å². The molecule has 0 amide bonds. The molecule has 0 fully saturated rings. The van der Waals surface area contributed by atoms with Crippen LogP contribution in [-0.4, -0.2) is 19.9 Å². The van der Waals surface area contributed by atoms with Crippen LogP contribution in [-0.2, 0) is 9.84 Å². The van der Waals surface area contributed by atoms with Gasteiger partial charge >= 0.3 is 0 Å². The number of hydrogen-bond donors (Lipinski definition) is 1. The Bertz CT molecular complexity index is 459. The second-order valence-corrected chi connectivity index (χ2v) is 6.56. The molecule has 2 N–H and O–H groups in total. The molecule has 0 heterocycles. The van der Waals surface area contributed by atoms with Crippen molar-refractivity contribution in [2.24, 2.45) is 5.73 Å². The first-order valence-electron chi connectivity index (χ1n) is 5.06. The van der Waals surface area contributed by atoms with E-state index in [0.29, 0.717) is 11.4 Å². The number of nitrogens with two attached hydrogens (primary N) is 1. The molecule has 0 aliphatic carbocycles. The highest BCUT2D eigenvalue weighted by Gasteiger charge is 2.27. The van der Waals surface area contributed by atoms with Gasteiger partial charge in [0.25, 0.3) is 0 Å². The van der Waals surface area contributed by atoms with E-state index in [2.05, 4.69) is 0 Å². The van der Waals surface area contributed by atoms with Crippen LogP contribution in [0.25, 0.3) is 0 Å². The Labute approximate surface area is 102 Å². The van der Waals surface area contributed by atoms with Crippen molar-refractivity contribution in [3.63, 3.8) is 0 Å². The Balaban J connectivity index is 3.05. The van der Waals surface area contributed by atoms with Crippen molar-refractivity contribution < 1.29 is 8.42 Å². The van der Waals surface area contributed by atoms with Crippen molar-refractivity contribution in [1.82, 2.24) is 0 Å². The monoisotopic (exact) mass is 261 g/mol. The largest absolute Gasteiger partial charge is 0.323 e. The molecule has 0 saturated carbocycles. The van der Waals surface area contributed by atoms with E-state index in [4.69, 9.17) is 17.3 Å². The van der Waals surface area contributed by atoms with Gasteiger partial charge in [-0.2, -0.15) is 0 Å². The summed E-state index contributed by atoms with van der Waals surface area (Å²) in [7, 11) is -3.14. The standard InChI is InChI=1S/C11H16ClNO2S/c1-3-10(16(2,14)15)11(13)8-5-4-6-9(12)7-8/h4-7,10-11H,3,13H2,1-2H3. The molecule has 0 spiro atoms. The lowest BCUT2D eigenvalue weighted by Crippen LogP contribution is -2.32. The van der Waals surface area contributed by atoms with E-state index in [1.807, 2.05) is 6.92 Å². The Morgan fingerprint density at radius 2 is 2.06 bits per heavy atom. The lowest BCUT2D eigenvalue weighted by atomic mass is 10.0. The van der Waals surface area contributed by atoms with Gasteiger partial charge in [0.1, 0.15) is 0 Å². The van der Waals surface area contributed by atoms with Crippen molar-refractivity contribution in [3.05, 3.63) is 34.9 Å². The van der Waals surface area contributed by atoms with Crippen molar-refractivity contribution in [2.45, 2.75) is 24.6 Å². The number of benzene rings is 1. The first-order valence-corrected chi connectivity index (χ1v) is 7.39. The van der Waals surface area contributed by atoms with E-state index in [1.165, 1.54) is 6.26 Å². The second-order valence-electron chi connectivity index (χ2n) is 3.86. The van der Waals surface area contributed by atoms with Crippen LogP contribution in [0.2, 0.25) is 5.02 Å². The van der Waals surface area contributed by atoms with Crippen LogP contribution in [0.5, 0.6) is 0 Å². The van der Waals surface area contributed by atoms with Crippen molar-refractivity contribution in [3.8, 4) is 0 Å². The predicted octanol–water partition coefficient (Wildman–Crippen LogP) is 2.16. The molecule has 2 unspecified atom stereocenters. The lowest BCUT2D eigenvalue weighted by molar-refractivity contribution is 0.553. The number of halogens is 1. The molecule has 0 aliphatic rings. The quantitative estimate of drug-likeness (QED) is 0.904. The third-order valence-electron chi connectivity index (χ3n) is 2.59. The van der Waals surface area contributed by atoms with Crippen LogP contribution in [0, 0.1) is 0 Å². The van der Waals surface area contributed by atoms with Gasteiger partial charge in [0, 0.05) is 17.3 Å². The normalized spacial score (nSPS) is 15.8. The molecular weight excluding hydrogens is 246 g/mol. The lowest BCUT2D eigenvalue weighted by Gasteiger charge is -2.21. The van der Waals surface area contributed by atoms with Crippen LogP contribution < -0.4 is 5.73 Å². The van der Waals surface area contributed by atoms with Gasteiger partial charge in [-0.1, -0.05) is 30.7 Å². The second kappa shape index (κ2) is 5.17. The third-order valence-corrected chi connectivity index (χ3v) is 4.55. The van der Waals surface area contributed by atoms with Gasteiger partial charge < -0.3 is 5.73 Å². The molecule has 0 radical (unpaired) electrons. The third kappa shape index (κ3) is 3.20. The van der Waals surface area contributed by atoms with Crippen LogP contribution >= 0.6 is 11.6 Å². The number of hydrogen-bond acceptors (Lipinski definition) is 3. The summed E-state index contributed by atoms with van der Waals surface area (Å²) in [5.41, 5.74) is 6.72. The SMILES string of the molecule is CCC(C(N)c1cccc(Cl)c1)S(C)(=O)=O. The molecule has 3 nitrogen and oxygen atoms in total. The summed E-state index contributed by atoms with van der Waals surface area (Å²) < 4.78 is 23.1. The van der Waals surface area contributed by atoms with Gasteiger partial charge in [0.15, 0.2) is 9.84 Å². The average Bonchev–Trinajstić information content (AvgIpc) is 2.16. The van der Waals surface area contributed by atoms with E-state index in [9.17, 15) is 8.42 Å². The fraction of sp³-hybridized carbons (Fsp3) is 0.455. The van der Waals surface area contributed by atoms with Gasteiger partial charge in [0.2, 0.25) is 0 Å². The van der Waals surface area contributed by atoms with Crippen molar-refractivity contribution in [1.29, 1.82) is 0 Å². The molecule has 90 valence electrons. The van der Waals surface area contributed by atoms with Crippen LogP contribution in [0.4, 0.5) is 0 Å². The maximum Gasteiger partial charge on any atom is 0.152 e. The summed E-state index contributed by atoms with van der Waals surface area (Å²) in [5, 5.41) is 0.00210. The molecule has 0 saturated heterocycles. The van der Waals surface area contributed by atoms with Crippen LogP contribution in [0.1, 0.15) is 24.9 Å². The van der Waals surface area contributed by atoms with E-state index in [-0.39, 0.29) is 0 Å². The first-order chi connectivity index (χ1) is 7.36. The van der Waals surface area contributed by atoms with E-state index in [1.54, 1.807) is 24.3 Å². The molecule has 16 heavy (non-hydrogen) atoms. The zero-order valence-corrected chi connectivity index (χ0v) is 10.9. The fourth-order valence-electron chi connectivity index (χ4n) is 1.75. The van der Waals surface area contributed by atoms with E-state index < -0.39 is 21.1 Å². The highest BCUT2D eigenvalue weighted by molar-refractivity contribution is 7.91. The minimum absolute atomic E-state index is 0.493. The molecule has 0 bridgehead atoms. The number of sulfone groups is 1. The summed E-state index contributed by atoms with van der Waals surface area (Å²) in [6.45, 7) is 1.82. The summed E-state index contributed by atoms with van der Waals surface area (Å²) >= 11 is 5.85. The van der Waals surface area contributed by atoms with Gasteiger partial charge in [0.05, 0.1) is 5.25 Å². The topological polar surface area (TPSA) is 60.2 Å². The van der Waals surface area contributed by atoms with Gasteiger partial charge in [-0.15, -0.1) is 0 Å². The Hall–Kier alpha value is -0.580. The maximum absolute atomic E-state index is 11.5. The Morgan fingerprint density at radius 1 is 1.44 bits per heavy atom. The molecule has 0 aromatic heterocycles. The summed E-state index contributed by atoms with van der Waals surface area (Å²) in [5.74, 6) is 0. The minimum Gasteiger partial charge on any atom is -0.323 e. The molecule has 2 atom stereocenters. The Morgan fingerprint density at radius 3 is 2.50 bits per heavy atom. The van der Waals surface area contributed by atoms with E-state index >= 15 is 0 Å². The predicted molar refractivity (Wildman–Crippen MR) is 67.3 cm³/mol. The van der Waals surface area contributed by atoms with Gasteiger partial charge in [-0.25, -0.2) is 8.42 Å². The average molecular weight is 262 g/mol. The molecule has 5 heteroatoms. The Kier molecular flexibility index (Phi) is 4.35. The highest BCUT2D eigenvalue weighted by atomic mass is 35.5. The maximum atomic E-state index is 11.5. The van der Waals surface area contributed by atoms with E-state index in [0.717, 1.165) is 5.56 Å². The zero-order chi connectivity index (χ0) is 12.3. The van der Waals surface area contributed by atoms with Crippen molar-refractivity contribution >= 4 is 21.4 Å². The fourth-order valence-corrected chi connectivity index (χ4v) is 3.25. The molecule has 1 aromatic carbocycles. The smallest absolute Gasteiger partial charge is 0.152 e. The van der Waals surface area contributed by atoms with Crippen LogP contribution in [0.3, 0.4) is 0 Å². The molecule has 1 rings (SSSR count). The van der Waals surface area contributed by atoms with Gasteiger partial charge in [-0.05, 0) is 24.1 Å². The zero-order valence-electron chi connectivity index (χ0n) is 9.35. The van der Waals surface area contributed by atoms with Crippen molar-refractivity contribution in [2.75, 3.05) is 6.26 Å². The molecular formula is C11H16ClNO2S. The summed E-state index contributed by atoms with van der Waals surface area (Å²) in [4.78, 5) is 0. The summed E-state index contributed by atoms with van der Waals surface area (Å²) in [6.07, 6.45) is 1.71. The summed E-state index contributed by atoms with van der Waals surface area (Å²) in [6, 6.07) is 6.48. The highest BCUT2D eigenvalue weighted by Crippen LogP contribution is 2.24. The molecule has 0 aliphatic heterocycles. The van der Waals surface area contributed by atoms with Gasteiger partial charge in [-0.3, -0.25) is 0 Å². The minimum atomic E-state index is -3.14.